The third-order valence-electron chi connectivity index (χ3n) is 4.52. The summed E-state index contributed by atoms with van der Waals surface area (Å²) in [5, 5.41) is 2.82. The van der Waals surface area contributed by atoms with Gasteiger partial charge in [0.25, 0.3) is 0 Å². The van der Waals surface area contributed by atoms with E-state index in [2.05, 4.69) is 5.32 Å². The Labute approximate surface area is 158 Å². The van der Waals surface area contributed by atoms with Crippen LogP contribution in [-0.4, -0.2) is 56.3 Å². The van der Waals surface area contributed by atoms with Crippen LogP contribution in [0.3, 0.4) is 0 Å². The van der Waals surface area contributed by atoms with Crippen LogP contribution in [0, 0.1) is 12.7 Å². The van der Waals surface area contributed by atoms with E-state index in [1.807, 2.05) is 35.2 Å². The molecule has 1 fully saturated rings. The second-order valence-corrected chi connectivity index (χ2v) is 8.44. The van der Waals surface area contributed by atoms with Gasteiger partial charge in [0.2, 0.25) is 15.9 Å². The fourth-order valence-corrected chi connectivity index (χ4v) is 4.49. The van der Waals surface area contributed by atoms with Gasteiger partial charge in [-0.25, -0.2) is 12.8 Å². The summed E-state index contributed by atoms with van der Waals surface area (Å²) in [4.78, 5) is 14.1. The lowest BCUT2D eigenvalue weighted by Gasteiger charge is -2.33. The molecule has 2 aromatic carbocycles. The van der Waals surface area contributed by atoms with Crippen LogP contribution in [0.4, 0.5) is 10.1 Å². The number of anilines is 1. The summed E-state index contributed by atoms with van der Waals surface area (Å²) in [6.07, 6.45) is 0. The van der Waals surface area contributed by atoms with Gasteiger partial charge in [-0.05, 0) is 42.8 Å². The van der Waals surface area contributed by atoms with Gasteiger partial charge in [0.1, 0.15) is 5.82 Å². The van der Waals surface area contributed by atoms with E-state index in [0.29, 0.717) is 18.7 Å². The van der Waals surface area contributed by atoms with Crippen molar-refractivity contribution in [1.29, 1.82) is 0 Å². The molecule has 0 radical (unpaired) electrons. The van der Waals surface area contributed by atoms with Crippen molar-refractivity contribution >= 4 is 21.6 Å². The average Bonchev–Trinajstić information content (AvgIpc) is 2.65. The number of nitrogens with zero attached hydrogens (tertiary/aromatic N) is 2. The zero-order valence-corrected chi connectivity index (χ0v) is 15.9. The van der Waals surface area contributed by atoms with Crippen LogP contribution in [0.2, 0.25) is 0 Å². The maximum atomic E-state index is 13.4. The monoisotopic (exact) mass is 391 g/mol. The molecule has 1 heterocycles. The van der Waals surface area contributed by atoms with Gasteiger partial charge in [-0.3, -0.25) is 9.69 Å². The van der Waals surface area contributed by atoms with E-state index in [1.165, 1.54) is 29.4 Å². The third kappa shape index (κ3) is 4.71. The van der Waals surface area contributed by atoms with Gasteiger partial charge in [0, 0.05) is 31.9 Å². The van der Waals surface area contributed by atoms with Crippen molar-refractivity contribution < 1.29 is 17.6 Å². The van der Waals surface area contributed by atoms with Gasteiger partial charge in [-0.15, -0.1) is 0 Å². The first-order valence-electron chi connectivity index (χ1n) is 8.70. The molecule has 8 heteroatoms. The summed E-state index contributed by atoms with van der Waals surface area (Å²) in [5.74, 6) is -0.560. The summed E-state index contributed by atoms with van der Waals surface area (Å²) in [7, 11) is -3.66. The molecule has 0 aliphatic carbocycles. The molecule has 1 saturated heterocycles. The minimum absolute atomic E-state index is 0.0941. The van der Waals surface area contributed by atoms with E-state index in [0.717, 1.165) is 5.69 Å². The Hall–Kier alpha value is -2.29. The first-order valence-corrected chi connectivity index (χ1v) is 10.1. The van der Waals surface area contributed by atoms with E-state index in [1.54, 1.807) is 0 Å². The normalized spacial score (nSPS) is 16.2. The Bertz CT molecular complexity index is 911. The van der Waals surface area contributed by atoms with Crippen LogP contribution in [0.5, 0.6) is 0 Å². The number of rotatable bonds is 5. The fourth-order valence-electron chi connectivity index (χ4n) is 2.98. The molecular formula is C19H22FN3O3S. The van der Waals surface area contributed by atoms with Gasteiger partial charge in [-0.1, -0.05) is 18.2 Å². The predicted octanol–water partition coefficient (Wildman–Crippen LogP) is 2.08. The molecule has 27 heavy (non-hydrogen) atoms. The van der Waals surface area contributed by atoms with Crippen LogP contribution < -0.4 is 5.32 Å². The number of sulfonamides is 1. The standard InChI is InChI=1S/C19H22FN3O3S/c1-15-13-17(7-8-18(15)20)27(25,26)23-11-9-22(10-12-23)14-19(24)21-16-5-3-2-4-6-16/h2-8,13H,9-12,14H2,1H3,(H,21,24). The van der Waals surface area contributed by atoms with Crippen LogP contribution in [0.1, 0.15) is 5.56 Å². The quantitative estimate of drug-likeness (QED) is 0.847. The number of nitrogens with one attached hydrogen (secondary N) is 1. The molecule has 3 rings (SSSR count). The number of carbonyl (C=O) groups excluding carboxylic acids is 1. The number of amides is 1. The Morgan fingerprint density at radius 3 is 2.37 bits per heavy atom. The molecule has 0 aromatic heterocycles. The smallest absolute Gasteiger partial charge is 0.243 e. The topological polar surface area (TPSA) is 69.7 Å². The first kappa shape index (κ1) is 19.5. The van der Waals surface area contributed by atoms with Crippen molar-refractivity contribution in [2.45, 2.75) is 11.8 Å². The Morgan fingerprint density at radius 1 is 1.07 bits per heavy atom. The summed E-state index contributed by atoms with van der Waals surface area (Å²) >= 11 is 0. The summed E-state index contributed by atoms with van der Waals surface area (Å²) in [6, 6.07) is 13.0. The predicted molar refractivity (Wildman–Crippen MR) is 101 cm³/mol. The lowest BCUT2D eigenvalue weighted by Crippen LogP contribution is -2.50. The highest BCUT2D eigenvalue weighted by atomic mass is 32.2. The molecule has 0 atom stereocenters. The average molecular weight is 391 g/mol. The van der Waals surface area contributed by atoms with Crippen molar-refractivity contribution in [3.05, 3.63) is 59.9 Å². The molecule has 0 saturated carbocycles. The van der Waals surface area contributed by atoms with Crippen LogP contribution in [0.25, 0.3) is 0 Å². The Balaban J connectivity index is 1.56. The number of hydrogen-bond acceptors (Lipinski definition) is 4. The largest absolute Gasteiger partial charge is 0.325 e. The molecule has 1 N–H and O–H groups in total. The molecular weight excluding hydrogens is 369 g/mol. The zero-order valence-electron chi connectivity index (χ0n) is 15.1. The highest BCUT2D eigenvalue weighted by Gasteiger charge is 2.29. The maximum absolute atomic E-state index is 13.4. The van der Waals surface area contributed by atoms with E-state index in [-0.39, 0.29) is 30.4 Å². The molecule has 1 aliphatic heterocycles. The molecule has 2 aromatic rings. The minimum Gasteiger partial charge on any atom is -0.325 e. The molecule has 1 aliphatic rings. The number of halogens is 1. The number of hydrogen-bond donors (Lipinski definition) is 1. The van der Waals surface area contributed by atoms with E-state index in [9.17, 15) is 17.6 Å². The molecule has 6 nitrogen and oxygen atoms in total. The zero-order chi connectivity index (χ0) is 19.4. The number of para-hydroxylation sites is 1. The highest BCUT2D eigenvalue weighted by molar-refractivity contribution is 7.89. The third-order valence-corrected chi connectivity index (χ3v) is 6.42. The fraction of sp³-hybridized carbons (Fsp3) is 0.316. The van der Waals surface area contributed by atoms with Crippen molar-refractivity contribution in [2.75, 3.05) is 38.0 Å². The van der Waals surface area contributed by atoms with Crippen LogP contribution >= 0.6 is 0 Å². The number of piperazine rings is 1. The number of aryl methyl sites for hydroxylation is 1. The molecule has 144 valence electrons. The maximum Gasteiger partial charge on any atom is 0.243 e. The highest BCUT2D eigenvalue weighted by Crippen LogP contribution is 2.20. The second-order valence-electron chi connectivity index (χ2n) is 6.51. The summed E-state index contributed by atoms with van der Waals surface area (Å²) < 4.78 is 40.2. The second kappa shape index (κ2) is 8.16. The van der Waals surface area contributed by atoms with E-state index in [4.69, 9.17) is 0 Å². The van der Waals surface area contributed by atoms with Gasteiger partial charge < -0.3 is 5.32 Å². The van der Waals surface area contributed by atoms with Crippen LogP contribution in [0.15, 0.2) is 53.4 Å². The molecule has 0 spiro atoms. The number of benzene rings is 2. The SMILES string of the molecule is Cc1cc(S(=O)(=O)N2CCN(CC(=O)Nc3ccccc3)CC2)ccc1F. The molecule has 0 unspecified atom stereocenters. The Morgan fingerprint density at radius 2 is 1.74 bits per heavy atom. The van der Waals surface area contributed by atoms with E-state index >= 15 is 0 Å². The summed E-state index contributed by atoms with van der Waals surface area (Å²) in [5.41, 5.74) is 1.03. The molecule has 0 bridgehead atoms. The van der Waals surface area contributed by atoms with Gasteiger partial charge in [-0.2, -0.15) is 4.31 Å². The van der Waals surface area contributed by atoms with Crippen LogP contribution in [-0.2, 0) is 14.8 Å². The lowest BCUT2D eigenvalue weighted by atomic mass is 10.2. The van der Waals surface area contributed by atoms with Crippen molar-refractivity contribution in [2.24, 2.45) is 0 Å². The van der Waals surface area contributed by atoms with Crippen molar-refractivity contribution in [3.63, 3.8) is 0 Å². The minimum atomic E-state index is -3.66. The van der Waals surface area contributed by atoms with Crippen molar-refractivity contribution in [3.8, 4) is 0 Å². The summed E-state index contributed by atoms with van der Waals surface area (Å²) in [6.45, 7) is 3.24. The van der Waals surface area contributed by atoms with Gasteiger partial charge in [0.05, 0.1) is 11.4 Å². The molecule has 1 amide bonds. The number of carbonyl (C=O) groups is 1. The van der Waals surface area contributed by atoms with Gasteiger partial charge >= 0.3 is 0 Å². The Kier molecular flexibility index (Phi) is 5.88. The van der Waals surface area contributed by atoms with E-state index < -0.39 is 15.8 Å². The van der Waals surface area contributed by atoms with Gasteiger partial charge in [0.15, 0.2) is 0 Å². The first-order chi connectivity index (χ1) is 12.9. The van der Waals surface area contributed by atoms with Crippen molar-refractivity contribution in [1.82, 2.24) is 9.21 Å². The lowest BCUT2D eigenvalue weighted by molar-refractivity contribution is -0.117.